The van der Waals surface area contributed by atoms with Gasteiger partial charge in [0.1, 0.15) is 4.99 Å². The number of piperidine rings is 1. The molecule has 0 aliphatic carbocycles. The van der Waals surface area contributed by atoms with Gasteiger partial charge in [-0.3, -0.25) is 4.79 Å². The Morgan fingerprint density at radius 2 is 1.93 bits per heavy atom. The lowest BCUT2D eigenvalue weighted by Crippen LogP contribution is -2.34. The molecule has 0 unspecified atom stereocenters. The molecule has 1 aliphatic rings. The van der Waals surface area contributed by atoms with E-state index in [9.17, 15) is 4.79 Å². The van der Waals surface area contributed by atoms with E-state index in [4.69, 9.17) is 33.3 Å². The molecule has 0 atom stereocenters. The van der Waals surface area contributed by atoms with Crippen LogP contribution in [-0.4, -0.2) is 42.6 Å². The maximum absolute atomic E-state index is 12.1. The van der Waals surface area contributed by atoms with Gasteiger partial charge in [0.2, 0.25) is 0 Å². The largest absolute Gasteiger partial charge is 0.493 e. The molecule has 1 saturated heterocycles. The molecule has 1 aliphatic heterocycles. The summed E-state index contributed by atoms with van der Waals surface area (Å²) in [7, 11) is 1.57. The number of carbonyl (C=O) groups excluding carboxylic acids is 1. The standard InChI is InChI=1S/C21H23ClN2O3S/c1-26-19-12-15(21(28)24-10-3-2-4-11-24)8-9-18(19)27-14-20(25)23-17-7-5-6-16(22)13-17/h5-9,12-13H,2-4,10-11,14H2,1H3,(H,23,25). The molecule has 3 rings (SSSR count). The second-order valence-corrected chi connectivity index (χ2v) is 7.39. The predicted octanol–water partition coefficient (Wildman–Crippen LogP) is 4.53. The summed E-state index contributed by atoms with van der Waals surface area (Å²) in [5, 5.41) is 3.30. The van der Waals surface area contributed by atoms with Gasteiger partial charge in [-0.05, 0) is 55.7 Å². The lowest BCUT2D eigenvalue weighted by molar-refractivity contribution is -0.118. The third kappa shape index (κ3) is 5.36. The summed E-state index contributed by atoms with van der Waals surface area (Å²) in [6.45, 7) is 1.84. The van der Waals surface area contributed by atoms with Crippen molar-refractivity contribution >= 4 is 40.4 Å². The van der Waals surface area contributed by atoms with Crippen molar-refractivity contribution in [2.45, 2.75) is 19.3 Å². The molecule has 0 spiro atoms. The van der Waals surface area contributed by atoms with Crippen LogP contribution in [0.3, 0.4) is 0 Å². The van der Waals surface area contributed by atoms with Crippen molar-refractivity contribution in [3.63, 3.8) is 0 Å². The zero-order valence-electron chi connectivity index (χ0n) is 15.7. The fourth-order valence-corrected chi connectivity index (χ4v) is 3.61. The number of nitrogens with one attached hydrogen (secondary N) is 1. The zero-order valence-corrected chi connectivity index (χ0v) is 17.3. The summed E-state index contributed by atoms with van der Waals surface area (Å²) in [6.07, 6.45) is 3.59. The number of ether oxygens (including phenoxy) is 2. The first-order valence-electron chi connectivity index (χ1n) is 9.22. The average molecular weight is 419 g/mol. The lowest BCUT2D eigenvalue weighted by atomic mass is 10.1. The Kier molecular flexibility index (Phi) is 7.12. The van der Waals surface area contributed by atoms with Crippen molar-refractivity contribution in [3.05, 3.63) is 53.1 Å². The van der Waals surface area contributed by atoms with Crippen molar-refractivity contribution in [2.75, 3.05) is 32.1 Å². The molecule has 0 aromatic heterocycles. The Morgan fingerprint density at radius 1 is 1.14 bits per heavy atom. The lowest BCUT2D eigenvalue weighted by Gasteiger charge is -2.29. The first kappa shape index (κ1) is 20.4. The molecule has 28 heavy (non-hydrogen) atoms. The van der Waals surface area contributed by atoms with Crippen molar-refractivity contribution in [2.24, 2.45) is 0 Å². The minimum absolute atomic E-state index is 0.140. The van der Waals surface area contributed by atoms with E-state index in [0.29, 0.717) is 22.2 Å². The molecule has 0 radical (unpaired) electrons. The first-order valence-corrected chi connectivity index (χ1v) is 10.0. The van der Waals surface area contributed by atoms with Gasteiger partial charge < -0.3 is 19.7 Å². The minimum Gasteiger partial charge on any atom is -0.493 e. The van der Waals surface area contributed by atoms with E-state index in [1.807, 2.05) is 12.1 Å². The van der Waals surface area contributed by atoms with Crippen LogP contribution < -0.4 is 14.8 Å². The number of anilines is 1. The van der Waals surface area contributed by atoms with Gasteiger partial charge in [0.05, 0.1) is 7.11 Å². The summed E-state index contributed by atoms with van der Waals surface area (Å²) in [4.78, 5) is 15.2. The van der Waals surface area contributed by atoms with Gasteiger partial charge in [-0.2, -0.15) is 0 Å². The fraction of sp³-hybridized carbons (Fsp3) is 0.333. The smallest absolute Gasteiger partial charge is 0.262 e. The van der Waals surface area contributed by atoms with Crippen molar-refractivity contribution in [1.29, 1.82) is 0 Å². The normalized spacial score (nSPS) is 13.7. The van der Waals surface area contributed by atoms with Crippen molar-refractivity contribution < 1.29 is 14.3 Å². The van der Waals surface area contributed by atoms with Crippen LogP contribution in [0.5, 0.6) is 11.5 Å². The molecule has 2 aromatic carbocycles. The van der Waals surface area contributed by atoms with Gasteiger partial charge in [-0.15, -0.1) is 0 Å². The Hall–Kier alpha value is -2.31. The second-order valence-electron chi connectivity index (χ2n) is 6.57. The molecule has 7 heteroatoms. The summed E-state index contributed by atoms with van der Waals surface area (Å²) >= 11 is 11.6. The van der Waals surface area contributed by atoms with E-state index in [1.165, 1.54) is 19.3 Å². The number of methoxy groups -OCH3 is 1. The number of halogens is 1. The van der Waals surface area contributed by atoms with E-state index < -0.39 is 0 Å². The molecular weight excluding hydrogens is 396 g/mol. The van der Waals surface area contributed by atoms with Crippen LogP contribution in [0.1, 0.15) is 24.8 Å². The summed E-state index contributed by atoms with van der Waals surface area (Å²) in [5.41, 5.74) is 1.54. The topological polar surface area (TPSA) is 50.8 Å². The Labute approximate surface area is 175 Å². The SMILES string of the molecule is COc1cc(C(=S)N2CCCCC2)ccc1OCC(=O)Nc1cccc(Cl)c1. The predicted molar refractivity (Wildman–Crippen MR) is 116 cm³/mol. The third-order valence-electron chi connectivity index (χ3n) is 4.52. The number of rotatable bonds is 6. The van der Waals surface area contributed by atoms with E-state index in [2.05, 4.69) is 10.2 Å². The Morgan fingerprint density at radius 3 is 2.64 bits per heavy atom. The number of carbonyl (C=O) groups is 1. The molecule has 2 aromatic rings. The van der Waals surface area contributed by atoms with Crippen LogP contribution in [0.25, 0.3) is 0 Å². The first-order chi connectivity index (χ1) is 13.6. The van der Waals surface area contributed by atoms with Gasteiger partial charge >= 0.3 is 0 Å². The van der Waals surface area contributed by atoms with Gasteiger partial charge in [-0.25, -0.2) is 0 Å². The Bertz CT molecular complexity index is 853. The molecule has 1 heterocycles. The number of nitrogens with zero attached hydrogens (tertiary/aromatic N) is 1. The van der Waals surface area contributed by atoms with Gasteiger partial charge in [0.15, 0.2) is 18.1 Å². The number of likely N-dealkylation sites (tertiary alicyclic amines) is 1. The maximum atomic E-state index is 12.1. The van der Waals surface area contributed by atoms with Gasteiger partial charge in [-0.1, -0.05) is 29.9 Å². The highest BCUT2D eigenvalue weighted by Crippen LogP contribution is 2.29. The van der Waals surface area contributed by atoms with E-state index in [-0.39, 0.29) is 12.5 Å². The number of benzene rings is 2. The molecule has 0 bridgehead atoms. The van der Waals surface area contributed by atoms with Gasteiger partial charge in [0, 0.05) is 29.4 Å². The van der Waals surface area contributed by atoms with E-state index in [1.54, 1.807) is 37.4 Å². The molecule has 1 fully saturated rings. The third-order valence-corrected chi connectivity index (χ3v) is 5.25. The maximum Gasteiger partial charge on any atom is 0.262 e. The summed E-state index contributed by atoms with van der Waals surface area (Å²) in [5.74, 6) is 0.763. The van der Waals surface area contributed by atoms with Crippen LogP contribution in [0, 0.1) is 0 Å². The number of hydrogen-bond acceptors (Lipinski definition) is 4. The zero-order chi connectivity index (χ0) is 19.9. The van der Waals surface area contributed by atoms with Crippen LogP contribution >= 0.6 is 23.8 Å². The summed E-state index contributed by atoms with van der Waals surface area (Å²) < 4.78 is 11.1. The molecule has 5 nitrogen and oxygen atoms in total. The quantitative estimate of drug-likeness (QED) is 0.698. The second kappa shape index (κ2) is 9.75. The highest BCUT2D eigenvalue weighted by Gasteiger charge is 2.17. The number of amides is 1. The highest BCUT2D eigenvalue weighted by molar-refractivity contribution is 7.80. The summed E-state index contributed by atoms with van der Waals surface area (Å²) in [6, 6.07) is 12.5. The monoisotopic (exact) mass is 418 g/mol. The highest BCUT2D eigenvalue weighted by atomic mass is 35.5. The van der Waals surface area contributed by atoms with Crippen LogP contribution in [0.4, 0.5) is 5.69 Å². The van der Waals surface area contributed by atoms with Crippen LogP contribution in [-0.2, 0) is 4.79 Å². The number of hydrogen-bond donors (Lipinski definition) is 1. The molecule has 148 valence electrons. The van der Waals surface area contributed by atoms with Gasteiger partial charge in [0.25, 0.3) is 5.91 Å². The Balaban J connectivity index is 1.62. The van der Waals surface area contributed by atoms with Crippen LogP contribution in [0.2, 0.25) is 5.02 Å². The van der Waals surface area contributed by atoms with Crippen molar-refractivity contribution in [1.82, 2.24) is 4.90 Å². The average Bonchev–Trinajstić information content (AvgIpc) is 2.72. The molecular formula is C21H23ClN2O3S. The minimum atomic E-state index is -0.280. The fourth-order valence-electron chi connectivity index (χ4n) is 3.11. The molecule has 1 amide bonds. The number of thiocarbonyl (C=S) groups is 1. The van der Waals surface area contributed by atoms with E-state index in [0.717, 1.165) is 23.6 Å². The van der Waals surface area contributed by atoms with E-state index >= 15 is 0 Å². The van der Waals surface area contributed by atoms with Crippen LogP contribution in [0.15, 0.2) is 42.5 Å². The molecule has 1 N–H and O–H groups in total. The van der Waals surface area contributed by atoms with Crippen molar-refractivity contribution in [3.8, 4) is 11.5 Å². The molecule has 0 saturated carbocycles.